The lowest BCUT2D eigenvalue weighted by molar-refractivity contribution is -0.135. The number of ether oxygens (including phenoxy) is 1. The van der Waals surface area contributed by atoms with E-state index in [1.807, 2.05) is 60.0 Å². The summed E-state index contributed by atoms with van der Waals surface area (Å²) in [4.78, 5) is 34.1. The highest BCUT2D eigenvalue weighted by Crippen LogP contribution is 2.38. The number of hydrogen-bond donors (Lipinski definition) is 0. The predicted octanol–water partition coefficient (Wildman–Crippen LogP) is 4.39. The first kappa shape index (κ1) is 24.5. The standard InChI is InChI=1S/C29H33N3O3S/c1-20-4-6-23(7-5-20)29(34)32-16-15-30(18-21(32)2)27(33)19-31-14-12-26-25(13-17-36-26)28(31)22-8-10-24(35-3)11-9-22/h4-11,13,17,21,28H,12,14-16,18-19H2,1-3H3. The molecule has 0 radical (unpaired) electrons. The molecule has 2 atom stereocenters. The Kier molecular flexibility index (Phi) is 7.12. The minimum atomic E-state index is -0.0290. The average Bonchev–Trinajstić information content (AvgIpc) is 3.37. The monoisotopic (exact) mass is 503 g/mol. The van der Waals surface area contributed by atoms with Crippen LogP contribution in [0.1, 0.15) is 44.9 Å². The Bertz CT molecular complexity index is 1220. The van der Waals surface area contributed by atoms with E-state index >= 15 is 0 Å². The topological polar surface area (TPSA) is 53.1 Å². The van der Waals surface area contributed by atoms with E-state index in [2.05, 4.69) is 28.5 Å². The molecule has 0 aliphatic carbocycles. The number of rotatable bonds is 5. The van der Waals surface area contributed by atoms with Gasteiger partial charge < -0.3 is 14.5 Å². The number of aryl methyl sites for hydroxylation is 1. The number of carbonyl (C=O) groups excluding carboxylic acids is 2. The van der Waals surface area contributed by atoms with Crippen LogP contribution in [0.25, 0.3) is 0 Å². The van der Waals surface area contributed by atoms with Crippen LogP contribution in [0.2, 0.25) is 0 Å². The lowest BCUT2D eigenvalue weighted by Gasteiger charge is -2.42. The summed E-state index contributed by atoms with van der Waals surface area (Å²) < 4.78 is 5.35. The Morgan fingerprint density at radius 2 is 1.75 bits per heavy atom. The van der Waals surface area contributed by atoms with Crippen LogP contribution in [0.4, 0.5) is 0 Å². The number of hydrogen-bond acceptors (Lipinski definition) is 5. The first-order valence-electron chi connectivity index (χ1n) is 12.5. The van der Waals surface area contributed by atoms with E-state index in [0.717, 1.165) is 24.3 Å². The number of piperazine rings is 1. The third kappa shape index (κ3) is 4.90. The molecule has 2 aromatic carbocycles. The van der Waals surface area contributed by atoms with Gasteiger partial charge in [0.05, 0.1) is 19.7 Å². The molecular formula is C29H33N3O3S. The largest absolute Gasteiger partial charge is 0.497 e. The Labute approximate surface area is 217 Å². The highest BCUT2D eigenvalue weighted by molar-refractivity contribution is 7.10. The fourth-order valence-electron chi connectivity index (χ4n) is 5.34. The number of benzene rings is 2. The summed E-state index contributed by atoms with van der Waals surface area (Å²) in [5, 5.41) is 2.15. The lowest BCUT2D eigenvalue weighted by atomic mass is 9.93. The number of fused-ring (bicyclic) bond motifs is 1. The van der Waals surface area contributed by atoms with Gasteiger partial charge in [-0.3, -0.25) is 14.5 Å². The smallest absolute Gasteiger partial charge is 0.254 e. The van der Waals surface area contributed by atoms with Gasteiger partial charge in [-0.05, 0) is 67.1 Å². The maximum Gasteiger partial charge on any atom is 0.254 e. The molecule has 2 unspecified atom stereocenters. The summed E-state index contributed by atoms with van der Waals surface area (Å²) in [5.41, 5.74) is 4.31. The first-order chi connectivity index (χ1) is 17.4. The third-order valence-electron chi connectivity index (χ3n) is 7.38. The molecule has 0 N–H and O–H groups in total. The van der Waals surface area contributed by atoms with E-state index in [4.69, 9.17) is 4.74 Å². The minimum Gasteiger partial charge on any atom is -0.497 e. The van der Waals surface area contributed by atoms with Crippen molar-refractivity contribution in [2.24, 2.45) is 0 Å². The van der Waals surface area contributed by atoms with Gasteiger partial charge in [0.1, 0.15) is 5.75 Å². The maximum absolute atomic E-state index is 13.5. The van der Waals surface area contributed by atoms with E-state index in [1.54, 1.807) is 18.4 Å². The molecule has 36 heavy (non-hydrogen) atoms. The van der Waals surface area contributed by atoms with Crippen molar-refractivity contribution in [1.82, 2.24) is 14.7 Å². The van der Waals surface area contributed by atoms with Crippen LogP contribution in [0, 0.1) is 6.92 Å². The summed E-state index contributed by atoms with van der Waals surface area (Å²) in [6.45, 7) is 6.93. The Hall–Kier alpha value is -3.16. The second kappa shape index (κ2) is 10.4. The number of nitrogens with zero attached hydrogens (tertiary/aromatic N) is 3. The summed E-state index contributed by atoms with van der Waals surface area (Å²) in [7, 11) is 1.67. The van der Waals surface area contributed by atoms with E-state index < -0.39 is 0 Å². The van der Waals surface area contributed by atoms with Crippen LogP contribution in [0.3, 0.4) is 0 Å². The normalized spacial score (nSPS) is 20.2. The van der Waals surface area contributed by atoms with Gasteiger partial charge in [-0.15, -0.1) is 11.3 Å². The fraction of sp³-hybridized carbons (Fsp3) is 0.379. The van der Waals surface area contributed by atoms with E-state index in [-0.39, 0.29) is 23.9 Å². The maximum atomic E-state index is 13.5. The van der Waals surface area contributed by atoms with Gasteiger partial charge in [-0.2, -0.15) is 0 Å². The van der Waals surface area contributed by atoms with Gasteiger partial charge in [-0.25, -0.2) is 0 Å². The molecule has 0 saturated carbocycles. The van der Waals surface area contributed by atoms with Gasteiger partial charge in [0, 0.05) is 42.7 Å². The van der Waals surface area contributed by atoms with Crippen molar-refractivity contribution in [3.63, 3.8) is 0 Å². The highest BCUT2D eigenvalue weighted by Gasteiger charge is 2.34. The fourth-order valence-corrected chi connectivity index (χ4v) is 6.24. The van der Waals surface area contributed by atoms with Crippen molar-refractivity contribution < 1.29 is 14.3 Å². The summed E-state index contributed by atoms with van der Waals surface area (Å²) in [6, 6.07) is 18.1. The van der Waals surface area contributed by atoms with Gasteiger partial charge in [-0.1, -0.05) is 29.8 Å². The van der Waals surface area contributed by atoms with Gasteiger partial charge in [0.25, 0.3) is 5.91 Å². The van der Waals surface area contributed by atoms with Gasteiger partial charge in [0.2, 0.25) is 5.91 Å². The van der Waals surface area contributed by atoms with E-state index in [0.29, 0.717) is 31.7 Å². The average molecular weight is 504 g/mol. The molecule has 0 spiro atoms. The molecule has 1 saturated heterocycles. The SMILES string of the molecule is COc1ccc(C2c3ccsc3CCN2CC(=O)N2CCN(C(=O)c3ccc(C)cc3)C(C)C2)cc1. The number of carbonyl (C=O) groups is 2. The predicted molar refractivity (Wildman–Crippen MR) is 143 cm³/mol. The molecule has 2 aliphatic heterocycles. The molecule has 188 valence electrons. The molecular weight excluding hydrogens is 470 g/mol. The van der Waals surface area contributed by atoms with Gasteiger partial charge >= 0.3 is 0 Å². The zero-order chi connectivity index (χ0) is 25.2. The van der Waals surface area contributed by atoms with Crippen molar-refractivity contribution >= 4 is 23.2 Å². The molecule has 1 fully saturated rings. The number of methoxy groups -OCH3 is 1. The Morgan fingerprint density at radius 3 is 2.44 bits per heavy atom. The summed E-state index contributed by atoms with van der Waals surface area (Å²) in [5.74, 6) is 0.992. The zero-order valence-electron chi connectivity index (χ0n) is 21.1. The van der Waals surface area contributed by atoms with Crippen LogP contribution in [-0.4, -0.2) is 72.4 Å². The van der Waals surface area contributed by atoms with Gasteiger partial charge in [0.15, 0.2) is 0 Å². The van der Waals surface area contributed by atoms with E-state index in [1.165, 1.54) is 16.0 Å². The molecule has 3 aromatic rings. The van der Waals surface area contributed by atoms with Crippen LogP contribution in [-0.2, 0) is 11.2 Å². The quantitative estimate of drug-likeness (QED) is 0.518. The molecule has 0 bridgehead atoms. The molecule has 3 heterocycles. The number of amides is 2. The molecule has 2 amide bonds. The molecule has 5 rings (SSSR count). The van der Waals surface area contributed by atoms with Crippen molar-refractivity contribution in [3.05, 3.63) is 87.1 Å². The van der Waals surface area contributed by atoms with Crippen molar-refractivity contribution in [3.8, 4) is 5.75 Å². The molecule has 7 heteroatoms. The molecule has 1 aromatic heterocycles. The molecule has 2 aliphatic rings. The van der Waals surface area contributed by atoms with Crippen LogP contribution in [0.15, 0.2) is 60.0 Å². The lowest BCUT2D eigenvalue weighted by Crippen LogP contribution is -2.57. The van der Waals surface area contributed by atoms with Crippen LogP contribution >= 0.6 is 11.3 Å². The Balaban J connectivity index is 1.27. The molecule has 6 nitrogen and oxygen atoms in total. The second-order valence-corrected chi connectivity index (χ2v) is 10.7. The van der Waals surface area contributed by atoms with Crippen LogP contribution < -0.4 is 4.74 Å². The third-order valence-corrected chi connectivity index (χ3v) is 8.37. The number of thiophene rings is 1. The second-order valence-electron chi connectivity index (χ2n) is 9.75. The summed E-state index contributed by atoms with van der Waals surface area (Å²) >= 11 is 1.80. The minimum absolute atomic E-state index is 0.0290. The van der Waals surface area contributed by atoms with E-state index in [9.17, 15) is 9.59 Å². The zero-order valence-corrected chi connectivity index (χ0v) is 22.0. The first-order valence-corrected chi connectivity index (χ1v) is 13.4. The van der Waals surface area contributed by atoms with Crippen LogP contribution in [0.5, 0.6) is 5.75 Å². The van der Waals surface area contributed by atoms with Crippen molar-refractivity contribution in [2.75, 3.05) is 39.8 Å². The van der Waals surface area contributed by atoms with Crippen molar-refractivity contribution in [1.29, 1.82) is 0 Å². The summed E-state index contributed by atoms with van der Waals surface area (Å²) in [6.07, 6.45) is 0.960. The Morgan fingerprint density at radius 1 is 1.00 bits per heavy atom. The van der Waals surface area contributed by atoms with Crippen molar-refractivity contribution in [2.45, 2.75) is 32.4 Å². The highest BCUT2D eigenvalue weighted by atomic mass is 32.1.